The molecule has 6 nitrogen and oxygen atoms in total. The fourth-order valence-corrected chi connectivity index (χ4v) is 3.54. The van der Waals surface area contributed by atoms with Crippen LogP contribution in [0.4, 0.5) is 10.1 Å². The van der Waals surface area contributed by atoms with Crippen LogP contribution in [-0.2, 0) is 19.6 Å². The van der Waals surface area contributed by atoms with Gasteiger partial charge in [-0.3, -0.25) is 10.1 Å². The van der Waals surface area contributed by atoms with Gasteiger partial charge < -0.3 is 14.8 Å². The fraction of sp³-hybridized carbons (Fsp3) is 0.250. The van der Waals surface area contributed by atoms with Gasteiger partial charge in [0.05, 0.1) is 11.5 Å². The van der Waals surface area contributed by atoms with E-state index in [2.05, 4.69) is 21.2 Å². The van der Waals surface area contributed by atoms with Crippen molar-refractivity contribution in [3.05, 3.63) is 97.8 Å². The third kappa shape index (κ3) is 6.77. The monoisotopic (exact) mass is 502 g/mol. The maximum absolute atomic E-state index is 13.0. The Morgan fingerprint density at radius 1 is 1.00 bits per heavy atom. The standard InChI is InChI=1S/C24H24BrFN2O4/c1-2-31-23-13-19(15-27-12-11-17-3-7-20(26)8-4-17)22(25)14-24(23)32-16-18-5-9-21(10-6-18)28(29)30/h3-10,13-14,27H,2,11-12,15-16H2,1H3. The maximum Gasteiger partial charge on any atom is 0.269 e. The van der Waals surface area contributed by atoms with E-state index in [4.69, 9.17) is 9.47 Å². The summed E-state index contributed by atoms with van der Waals surface area (Å²) in [6.07, 6.45) is 0.798. The highest BCUT2D eigenvalue weighted by atomic mass is 79.9. The first kappa shape index (κ1) is 23.7. The van der Waals surface area contributed by atoms with Gasteiger partial charge in [0.25, 0.3) is 5.69 Å². The zero-order valence-corrected chi connectivity index (χ0v) is 19.2. The second-order valence-corrected chi connectivity index (χ2v) is 7.94. The molecule has 0 heterocycles. The van der Waals surface area contributed by atoms with Crippen molar-refractivity contribution in [2.75, 3.05) is 13.2 Å². The Bertz CT molecular complexity index is 1040. The molecular formula is C24H24BrFN2O4. The average Bonchev–Trinajstić information content (AvgIpc) is 2.79. The molecule has 0 amide bonds. The molecule has 168 valence electrons. The Kier molecular flexibility index (Phi) is 8.58. The molecule has 1 N–H and O–H groups in total. The summed E-state index contributed by atoms with van der Waals surface area (Å²) in [5.74, 6) is 0.991. The molecular weight excluding hydrogens is 479 g/mol. The molecule has 0 aromatic heterocycles. The zero-order valence-electron chi connectivity index (χ0n) is 17.6. The molecule has 0 atom stereocenters. The molecule has 0 spiro atoms. The Morgan fingerprint density at radius 2 is 1.66 bits per heavy atom. The molecule has 0 radical (unpaired) electrons. The SMILES string of the molecule is CCOc1cc(CNCCc2ccc(F)cc2)c(Br)cc1OCc1ccc([N+](=O)[O-])cc1. The number of hydrogen-bond acceptors (Lipinski definition) is 5. The van der Waals surface area contributed by atoms with Crippen LogP contribution in [0.1, 0.15) is 23.6 Å². The molecule has 32 heavy (non-hydrogen) atoms. The number of nitro benzene ring substituents is 1. The number of nitro groups is 1. The molecule has 0 bridgehead atoms. The van der Waals surface area contributed by atoms with Gasteiger partial charge in [0.1, 0.15) is 12.4 Å². The number of hydrogen-bond donors (Lipinski definition) is 1. The van der Waals surface area contributed by atoms with Crippen molar-refractivity contribution in [1.29, 1.82) is 0 Å². The van der Waals surface area contributed by atoms with E-state index in [0.29, 0.717) is 24.7 Å². The van der Waals surface area contributed by atoms with Crippen molar-refractivity contribution in [2.24, 2.45) is 0 Å². The van der Waals surface area contributed by atoms with E-state index in [9.17, 15) is 14.5 Å². The number of benzene rings is 3. The number of nitrogens with zero attached hydrogens (tertiary/aromatic N) is 1. The first-order chi connectivity index (χ1) is 15.5. The summed E-state index contributed by atoms with van der Waals surface area (Å²) in [6.45, 7) is 4.04. The van der Waals surface area contributed by atoms with Gasteiger partial charge in [0.2, 0.25) is 0 Å². The van der Waals surface area contributed by atoms with E-state index >= 15 is 0 Å². The minimum absolute atomic E-state index is 0.0442. The molecule has 3 aromatic carbocycles. The number of non-ortho nitro benzene ring substituents is 1. The van der Waals surface area contributed by atoms with Gasteiger partial charge >= 0.3 is 0 Å². The third-order valence-electron chi connectivity index (χ3n) is 4.77. The molecule has 0 aliphatic carbocycles. The van der Waals surface area contributed by atoms with E-state index in [1.54, 1.807) is 24.3 Å². The van der Waals surface area contributed by atoms with Crippen LogP contribution in [0.2, 0.25) is 0 Å². The molecule has 0 saturated carbocycles. The quantitative estimate of drug-likeness (QED) is 0.203. The van der Waals surface area contributed by atoms with Crippen molar-refractivity contribution < 1.29 is 18.8 Å². The lowest BCUT2D eigenvalue weighted by Crippen LogP contribution is -2.17. The van der Waals surface area contributed by atoms with Crippen LogP contribution in [0.15, 0.2) is 65.1 Å². The van der Waals surface area contributed by atoms with Crippen LogP contribution >= 0.6 is 15.9 Å². The van der Waals surface area contributed by atoms with Gasteiger partial charge in [0, 0.05) is 23.2 Å². The lowest BCUT2D eigenvalue weighted by Gasteiger charge is -2.15. The van der Waals surface area contributed by atoms with E-state index < -0.39 is 4.92 Å². The second-order valence-electron chi connectivity index (χ2n) is 7.09. The lowest BCUT2D eigenvalue weighted by atomic mass is 10.1. The summed E-state index contributed by atoms with van der Waals surface area (Å²) in [5.41, 5.74) is 2.96. The topological polar surface area (TPSA) is 73.6 Å². The molecule has 0 unspecified atom stereocenters. The summed E-state index contributed by atoms with van der Waals surface area (Å²) in [6, 6.07) is 16.6. The molecule has 3 aromatic rings. The number of ether oxygens (including phenoxy) is 2. The van der Waals surface area contributed by atoms with Gasteiger partial charge in [-0.1, -0.05) is 28.1 Å². The van der Waals surface area contributed by atoms with Gasteiger partial charge in [-0.15, -0.1) is 0 Å². The minimum Gasteiger partial charge on any atom is -0.490 e. The lowest BCUT2D eigenvalue weighted by molar-refractivity contribution is -0.384. The Hall–Kier alpha value is -2.97. The summed E-state index contributed by atoms with van der Waals surface area (Å²) in [5, 5.41) is 14.2. The minimum atomic E-state index is -0.429. The molecule has 0 aliphatic heterocycles. The second kappa shape index (κ2) is 11.6. The van der Waals surface area contributed by atoms with Gasteiger partial charge in [-0.05, 0) is 73.0 Å². The van der Waals surface area contributed by atoms with Gasteiger partial charge in [-0.2, -0.15) is 0 Å². The van der Waals surface area contributed by atoms with E-state index in [0.717, 1.165) is 34.1 Å². The van der Waals surface area contributed by atoms with Crippen molar-refractivity contribution in [2.45, 2.75) is 26.5 Å². The molecule has 0 fully saturated rings. The molecule has 0 saturated heterocycles. The normalized spacial score (nSPS) is 10.7. The number of nitrogens with one attached hydrogen (secondary N) is 1. The maximum atomic E-state index is 13.0. The van der Waals surface area contributed by atoms with Gasteiger partial charge in [-0.25, -0.2) is 4.39 Å². The summed E-state index contributed by atoms with van der Waals surface area (Å²) in [7, 11) is 0. The van der Waals surface area contributed by atoms with Crippen LogP contribution in [0, 0.1) is 15.9 Å². The van der Waals surface area contributed by atoms with Gasteiger partial charge in [0.15, 0.2) is 11.5 Å². The zero-order chi connectivity index (χ0) is 22.9. The first-order valence-electron chi connectivity index (χ1n) is 10.2. The Morgan fingerprint density at radius 3 is 2.31 bits per heavy atom. The Balaban J connectivity index is 1.60. The number of halogens is 2. The summed E-state index contributed by atoms with van der Waals surface area (Å²) in [4.78, 5) is 10.4. The fourth-order valence-electron chi connectivity index (χ4n) is 3.08. The highest BCUT2D eigenvalue weighted by molar-refractivity contribution is 9.10. The first-order valence-corrected chi connectivity index (χ1v) is 11.0. The summed E-state index contributed by atoms with van der Waals surface area (Å²) < 4.78 is 25.6. The van der Waals surface area contributed by atoms with Crippen LogP contribution in [0.5, 0.6) is 11.5 Å². The van der Waals surface area contributed by atoms with Crippen molar-refractivity contribution in [3.8, 4) is 11.5 Å². The molecule has 8 heteroatoms. The van der Waals surface area contributed by atoms with Crippen LogP contribution < -0.4 is 14.8 Å². The largest absolute Gasteiger partial charge is 0.490 e. The predicted molar refractivity (Wildman–Crippen MR) is 125 cm³/mol. The molecule has 3 rings (SSSR count). The Labute approximate surface area is 194 Å². The average molecular weight is 503 g/mol. The van der Waals surface area contributed by atoms with Crippen LogP contribution in [0.3, 0.4) is 0 Å². The third-order valence-corrected chi connectivity index (χ3v) is 5.51. The summed E-state index contributed by atoms with van der Waals surface area (Å²) >= 11 is 3.60. The highest BCUT2D eigenvalue weighted by Crippen LogP contribution is 2.34. The van der Waals surface area contributed by atoms with E-state index in [1.165, 1.54) is 24.3 Å². The van der Waals surface area contributed by atoms with E-state index in [-0.39, 0.29) is 18.1 Å². The van der Waals surface area contributed by atoms with Crippen molar-refractivity contribution >= 4 is 21.6 Å². The van der Waals surface area contributed by atoms with Crippen LogP contribution in [-0.4, -0.2) is 18.1 Å². The number of rotatable bonds is 11. The predicted octanol–water partition coefficient (Wildman–Crippen LogP) is 5.81. The van der Waals surface area contributed by atoms with E-state index in [1.807, 2.05) is 19.1 Å². The van der Waals surface area contributed by atoms with Crippen LogP contribution in [0.25, 0.3) is 0 Å². The van der Waals surface area contributed by atoms with Crippen molar-refractivity contribution in [3.63, 3.8) is 0 Å². The smallest absolute Gasteiger partial charge is 0.269 e. The molecule has 0 aliphatic rings. The van der Waals surface area contributed by atoms with Crippen molar-refractivity contribution in [1.82, 2.24) is 5.32 Å². The highest BCUT2D eigenvalue weighted by Gasteiger charge is 2.12.